The van der Waals surface area contributed by atoms with Crippen molar-refractivity contribution in [2.75, 3.05) is 11.9 Å². The molecular formula is C18H16N2O2. The Morgan fingerprint density at radius 1 is 0.955 bits per heavy atom. The summed E-state index contributed by atoms with van der Waals surface area (Å²) in [6.07, 6.45) is 0.612. The fourth-order valence-corrected chi connectivity index (χ4v) is 3.81. The molecule has 1 fully saturated rings. The van der Waals surface area contributed by atoms with Crippen LogP contribution in [0.5, 0.6) is 0 Å². The van der Waals surface area contributed by atoms with Gasteiger partial charge in [0.05, 0.1) is 11.3 Å². The number of carbonyl (C=O) groups is 2. The van der Waals surface area contributed by atoms with E-state index in [2.05, 4.69) is 10.6 Å². The van der Waals surface area contributed by atoms with Crippen LogP contribution in [0.15, 0.2) is 54.6 Å². The van der Waals surface area contributed by atoms with E-state index < -0.39 is 11.3 Å². The van der Waals surface area contributed by atoms with Crippen LogP contribution in [0.1, 0.15) is 23.5 Å². The van der Waals surface area contributed by atoms with Crippen LogP contribution in [0.4, 0.5) is 5.69 Å². The fraction of sp³-hybridized carbons (Fsp3) is 0.222. The van der Waals surface area contributed by atoms with Crippen molar-refractivity contribution in [2.45, 2.75) is 17.8 Å². The molecule has 2 aromatic carbocycles. The highest BCUT2D eigenvalue weighted by Gasteiger charge is 2.56. The lowest BCUT2D eigenvalue weighted by Crippen LogP contribution is -2.53. The van der Waals surface area contributed by atoms with E-state index in [0.29, 0.717) is 13.0 Å². The SMILES string of the molecule is O=C1NCC[C@]2(C(=O)Nc3ccccc32)[C@@H]1c1ccccc1. The first-order valence-electron chi connectivity index (χ1n) is 7.47. The molecule has 2 aromatic rings. The Morgan fingerprint density at radius 3 is 2.50 bits per heavy atom. The minimum absolute atomic E-state index is 0.0718. The molecule has 0 aliphatic carbocycles. The van der Waals surface area contributed by atoms with Gasteiger partial charge in [-0.3, -0.25) is 9.59 Å². The van der Waals surface area contributed by atoms with E-state index in [4.69, 9.17) is 0 Å². The van der Waals surface area contributed by atoms with Crippen molar-refractivity contribution in [1.29, 1.82) is 0 Å². The zero-order valence-corrected chi connectivity index (χ0v) is 12.0. The second kappa shape index (κ2) is 4.70. The molecule has 2 aliphatic rings. The van der Waals surface area contributed by atoms with E-state index in [0.717, 1.165) is 16.8 Å². The van der Waals surface area contributed by atoms with Gasteiger partial charge >= 0.3 is 0 Å². The first-order valence-corrected chi connectivity index (χ1v) is 7.47. The summed E-state index contributed by atoms with van der Waals surface area (Å²) in [6.45, 7) is 0.518. The topological polar surface area (TPSA) is 58.2 Å². The fourth-order valence-electron chi connectivity index (χ4n) is 3.81. The highest BCUT2D eigenvalue weighted by molar-refractivity contribution is 6.11. The van der Waals surface area contributed by atoms with Crippen LogP contribution in [0.3, 0.4) is 0 Å². The van der Waals surface area contributed by atoms with Gasteiger partial charge < -0.3 is 10.6 Å². The summed E-state index contributed by atoms with van der Waals surface area (Å²) in [6, 6.07) is 17.3. The molecule has 0 saturated carbocycles. The van der Waals surface area contributed by atoms with Crippen LogP contribution in [0.2, 0.25) is 0 Å². The quantitative estimate of drug-likeness (QED) is 0.846. The summed E-state index contributed by atoms with van der Waals surface area (Å²) in [4.78, 5) is 25.5. The molecular weight excluding hydrogens is 276 g/mol. The van der Waals surface area contributed by atoms with E-state index in [-0.39, 0.29) is 11.8 Å². The largest absolute Gasteiger partial charge is 0.355 e. The third-order valence-corrected chi connectivity index (χ3v) is 4.77. The summed E-state index contributed by atoms with van der Waals surface area (Å²) >= 11 is 0. The molecule has 22 heavy (non-hydrogen) atoms. The van der Waals surface area contributed by atoms with Gasteiger partial charge in [0, 0.05) is 12.2 Å². The number of hydrogen-bond donors (Lipinski definition) is 2. The molecule has 1 spiro atoms. The van der Waals surface area contributed by atoms with Gasteiger partial charge in [-0.2, -0.15) is 0 Å². The number of fused-ring (bicyclic) bond motifs is 2. The molecule has 4 nitrogen and oxygen atoms in total. The Bertz CT molecular complexity index is 757. The maximum atomic E-state index is 12.8. The van der Waals surface area contributed by atoms with Gasteiger partial charge in [-0.15, -0.1) is 0 Å². The number of nitrogens with one attached hydrogen (secondary N) is 2. The molecule has 0 bridgehead atoms. The molecule has 2 atom stereocenters. The molecule has 1 saturated heterocycles. The number of hydrogen-bond acceptors (Lipinski definition) is 2. The van der Waals surface area contributed by atoms with Crippen LogP contribution in [0, 0.1) is 0 Å². The summed E-state index contributed by atoms with van der Waals surface area (Å²) in [7, 11) is 0. The Labute approximate surface area is 128 Å². The maximum absolute atomic E-state index is 12.8. The monoisotopic (exact) mass is 292 g/mol. The van der Waals surface area contributed by atoms with Crippen LogP contribution in [0.25, 0.3) is 0 Å². The van der Waals surface area contributed by atoms with Gasteiger partial charge in [-0.05, 0) is 23.6 Å². The van der Waals surface area contributed by atoms with Crippen molar-refractivity contribution in [1.82, 2.24) is 5.32 Å². The lowest BCUT2D eigenvalue weighted by molar-refractivity contribution is -0.133. The molecule has 2 N–H and O–H groups in total. The molecule has 2 amide bonds. The number of benzene rings is 2. The number of rotatable bonds is 1. The van der Waals surface area contributed by atoms with Gasteiger partial charge in [0.15, 0.2) is 0 Å². The van der Waals surface area contributed by atoms with Crippen molar-refractivity contribution in [2.24, 2.45) is 0 Å². The maximum Gasteiger partial charge on any atom is 0.236 e. The molecule has 2 aliphatic heterocycles. The number of amides is 2. The summed E-state index contributed by atoms with van der Waals surface area (Å²) in [5.74, 6) is -0.646. The Kier molecular flexibility index (Phi) is 2.79. The van der Waals surface area contributed by atoms with Gasteiger partial charge in [0.2, 0.25) is 11.8 Å². The van der Waals surface area contributed by atoms with Crippen molar-refractivity contribution in [3.63, 3.8) is 0 Å². The zero-order valence-electron chi connectivity index (χ0n) is 12.0. The Balaban J connectivity index is 1.95. The second-order valence-corrected chi connectivity index (χ2v) is 5.86. The molecule has 4 heteroatoms. The molecule has 0 radical (unpaired) electrons. The summed E-state index contributed by atoms with van der Waals surface area (Å²) in [5, 5.41) is 5.87. The first-order chi connectivity index (χ1) is 10.7. The number of carbonyl (C=O) groups excluding carboxylic acids is 2. The molecule has 110 valence electrons. The molecule has 0 unspecified atom stereocenters. The van der Waals surface area contributed by atoms with Crippen molar-refractivity contribution < 1.29 is 9.59 Å². The van der Waals surface area contributed by atoms with Crippen LogP contribution >= 0.6 is 0 Å². The predicted molar refractivity (Wildman–Crippen MR) is 83.6 cm³/mol. The third kappa shape index (κ3) is 1.64. The standard InChI is InChI=1S/C18H16N2O2/c21-16-15(12-6-2-1-3-7-12)18(10-11-19-16)13-8-4-5-9-14(13)20-17(18)22/h1-9,15H,10-11H2,(H,19,21)(H,20,22)/t15-,18-/m1/s1. The van der Waals surface area contributed by atoms with E-state index >= 15 is 0 Å². The predicted octanol–water partition coefficient (Wildman–Crippen LogP) is 2.18. The molecule has 0 aromatic heterocycles. The smallest absolute Gasteiger partial charge is 0.236 e. The van der Waals surface area contributed by atoms with Crippen molar-refractivity contribution in [3.05, 3.63) is 65.7 Å². The second-order valence-electron chi connectivity index (χ2n) is 5.86. The van der Waals surface area contributed by atoms with E-state index in [1.54, 1.807) is 0 Å². The van der Waals surface area contributed by atoms with Gasteiger partial charge in [0.1, 0.15) is 0 Å². The normalized spacial score (nSPS) is 26.5. The van der Waals surface area contributed by atoms with Crippen LogP contribution in [-0.4, -0.2) is 18.4 Å². The average molecular weight is 292 g/mol. The summed E-state index contributed by atoms with van der Waals surface area (Å²) in [5.41, 5.74) is 1.83. The number of para-hydroxylation sites is 1. The summed E-state index contributed by atoms with van der Waals surface area (Å²) < 4.78 is 0. The van der Waals surface area contributed by atoms with Crippen LogP contribution in [-0.2, 0) is 15.0 Å². The van der Waals surface area contributed by atoms with Crippen molar-refractivity contribution >= 4 is 17.5 Å². The van der Waals surface area contributed by atoms with E-state index in [9.17, 15) is 9.59 Å². The Hall–Kier alpha value is -2.62. The minimum Gasteiger partial charge on any atom is -0.355 e. The third-order valence-electron chi connectivity index (χ3n) is 4.77. The van der Waals surface area contributed by atoms with Crippen LogP contribution < -0.4 is 10.6 Å². The lowest BCUT2D eigenvalue weighted by atomic mass is 9.64. The lowest BCUT2D eigenvalue weighted by Gasteiger charge is -2.39. The highest BCUT2D eigenvalue weighted by atomic mass is 16.2. The number of piperidine rings is 1. The molecule has 4 rings (SSSR count). The Morgan fingerprint density at radius 2 is 1.68 bits per heavy atom. The van der Waals surface area contributed by atoms with Gasteiger partial charge in [-0.25, -0.2) is 0 Å². The van der Waals surface area contributed by atoms with Gasteiger partial charge in [-0.1, -0.05) is 48.5 Å². The number of anilines is 1. The molecule has 2 heterocycles. The van der Waals surface area contributed by atoms with Gasteiger partial charge in [0.25, 0.3) is 0 Å². The average Bonchev–Trinajstić information content (AvgIpc) is 2.81. The van der Waals surface area contributed by atoms with E-state index in [1.165, 1.54) is 0 Å². The van der Waals surface area contributed by atoms with E-state index in [1.807, 2.05) is 54.6 Å². The first kappa shape index (κ1) is 13.1. The highest BCUT2D eigenvalue weighted by Crippen LogP contribution is 2.50. The zero-order chi connectivity index (χ0) is 15.2. The minimum atomic E-state index is -0.805. The van der Waals surface area contributed by atoms with Crippen molar-refractivity contribution in [3.8, 4) is 0 Å².